The van der Waals surface area contributed by atoms with Gasteiger partial charge in [0.2, 0.25) is 0 Å². The number of alkyl carbamates (subject to hydrolysis) is 1. The molecule has 7 rings (SSSR count). The molecule has 64 heavy (non-hydrogen) atoms. The fraction of sp³-hybridized carbons (Fsp3) is 0.467. The van der Waals surface area contributed by atoms with Crippen LogP contribution in [0.1, 0.15) is 44.1 Å². The van der Waals surface area contributed by atoms with Crippen LogP contribution in [0.15, 0.2) is 65.5 Å². The van der Waals surface area contributed by atoms with Crippen LogP contribution in [0.25, 0.3) is 21.8 Å². The maximum absolute atomic E-state index is 14.8. The van der Waals surface area contributed by atoms with E-state index in [1.807, 2.05) is 6.26 Å². The van der Waals surface area contributed by atoms with E-state index in [9.17, 15) is 29.7 Å². The summed E-state index contributed by atoms with van der Waals surface area (Å²) in [6, 6.07) is 6.75. The monoisotopic (exact) mass is 935 g/mol. The Morgan fingerprint density at radius 1 is 1.17 bits per heavy atom. The standard InChI is InChI=1S/C45H50N4O12S3/c1-23(2)47-30-22-58-34(20-33(30)56-4)61-42-41(53)35(40(52)39-37-26(14-17-46-39)27-19-25(50)12-13-29(27)48-37)24(3)59-43(42)60-32-11-9-7-8-10-16-45(55)21-31(51)38(49-44(54)57-5)36(32)28(45)15-18-63-64-62-6/h7-8,12-15,17,19,23-24,30,32-35,41-43,47-48,50,53,55H,18,20-22H2,1-6H3,(H,49,54)/p+1/b8-7-,28-15+/t24-,30+,32+,33+,34+,35+,41+,42-,43+,45+/m1/s1. The van der Waals surface area contributed by atoms with Gasteiger partial charge in [0.15, 0.2) is 29.7 Å². The van der Waals surface area contributed by atoms with Gasteiger partial charge in [0.05, 0.1) is 48.9 Å². The third-order valence-electron chi connectivity index (χ3n) is 11.3. The summed E-state index contributed by atoms with van der Waals surface area (Å²) in [5, 5.41) is 40.9. The third kappa shape index (κ3) is 10.2. The molecule has 0 unspecified atom stereocenters. The number of benzene rings is 1. The van der Waals surface area contributed by atoms with E-state index in [-0.39, 0.29) is 59.5 Å². The summed E-state index contributed by atoms with van der Waals surface area (Å²) in [4.78, 5) is 49.3. The summed E-state index contributed by atoms with van der Waals surface area (Å²) in [6.45, 7) is 5.99. The van der Waals surface area contributed by atoms with Crippen molar-refractivity contribution in [2.24, 2.45) is 5.92 Å². The maximum Gasteiger partial charge on any atom is 0.411 e. The predicted octanol–water partition coefficient (Wildman–Crippen LogP) is 3.67. The highest BCUT2D eigenvalue weighted by molar-refractivity contribution is 9.09. The number of H-pyrrole nitrogens is 1. The fourth-order valence-electron chi connectivity index (χ4n) is 8.51. The molecule has 16 nitrogen and oxygen atoms in total. The number of hydrogen-bond acceptors (Lipinski definition) is 16. The number of hydrogen-bond donors (Lipinski definition) is 6. The molecule has 19 heteroatoms. The molecule has 2 aliphatic carbocycles. The summed E-state index contributed by atoms with van der Waals surface area (Å²) in [7, 11) is 7.26. The molecule has 340 valence electrons. The Morgan fingerprint density at radius 2 is 1.97 bits per heavy atom. The van der Waals surface area contributed by atoms with Crippen LogP contribution in [0.5, 0.6) is 5.75 Å². The number of fused-ring (bicyclic) bond motifs is 5. The summed E-state index contributed by atoms with van der Waals surface area (Å²) >= 11 is 0. The number of aromatic hydroxyl groups is 1. The maximum atomic E-state index is 14.8. The first-order chi connectivity index (χ1) is 30.8. The Kier molecular flexibility index (Phi) is 15.5. The van der Waals surface area contributed by atoms with E-state index >= 15 is 0 Å². The molecule has 1 amide bonds. The lowest BCUT2D eigenvalue weighted by Gasteiger charge is -2.45. The molecule has 3 aromatic rings. The Morgan fingerprint density at radius 3 is 2.72 bits per heavy atom. The lowest BCUT2D eigenvalue weighted by Crippen LogP contribution is -2.97. The first-order valence-electron chi connectivity index (χ1n) is 20.6. The van der Waals surface area contributed by atoms with Gasteiger partial charge in [-0.2, -0.15) is 0 Å². The van der Waals surface area contributed by atoms with Crippen molar-refractivity contribution in [2.75, 3.05) is 32.8 Å². The van der Waals surface area contributed by atoms with E-state index in [4.69, 9.17) is 28.4 Å². The Labute approximate surface area is 381 Å². The van der Waals surface area contributed by atoms with Crippen LogP contribution < -0.4 is 10.6 Å². The molecule has 2 fully saturated rings. The van der Waals surface area contributed by atoms with Crippen LogP contribution in [0, 0.1) is 29.6 Å². The normalized spacial score (nSPS) is 30.4. The molecule has 0 radical (unpaired) electrons. The van der Waals surface area contributed by atoms with Gasteiger partial charge in [-0.3, -0.25) is 19.9 Å². The number of carbonyl (C=O) groups excluding carboxylic acids is 3. The van der Waals surface area contributed by atoms with Crippen molar-refractivity contribution >= 4 is 70.9 Å². The van der Waals surface area contributed by atoms with Crippen molar-refractivity contribution in [3.8, 4) is 29.4 Å². The molecule has 0 saturated carbocycles. The molecular weight excluding hydrogens is 885 g/mol. The van der Waals surface area contributed by atoms with Crippen molar-refractivity contribution in [3.63, 3.8) is 0 Å². The number of ether oxygens (including phenoxy) is 6. The number of nitrogens with one attached hydrogen (secondary N) is 2. The average molecular weight is 936 g/mol. The molecule has 10 atom stereocenters. The van der Waals surface area contributed by atoms with Gasteiger partial charge in [-0.1, -0.05) is 51.3 Å². The number of rotatable bonds is 14. The minimum absolute atomic E-state index is 0.000141. The number of phenolic OH excluding ortho intramolecular Hbond substituents is 1. The Balaban J connectivity index is 1.31. The number of quaternary nitrogens is 1. The van der Waals surface area contributed by atoms with Crippen molar-refractivity contribution in [3.05, 3.63) is 71.2 Å². The number of ketones is 2. The molecule has 0 spiro atoms. The minimum Gasteiger partial charge on any atom is -0.508 e. The molecule has 2 bridgehead atoms. The van der Waals surface area contributed by atoms with E-state index < -0.39 is 72.6 Å². The smallest absolute Gasteiger partial charge is 0.411 e. The van der Waals surface area contributed by atoms with Crippen LogP contribution in [0.3, 0.4) is 0 Å². The van der Waals surface area contributed by atoms with Gasteiger partial charge in [-0.05, 0) is 73.3 Å². The van der Waals surface area contributed by atoms with E-state index in [2.05, 4.69) is 58.1 Å². The molecular formula is C45H51N4O12S3+. The van der Waals surface area contributed by atoms with E-state index in [0.717, 1.165) is 7.11 Å². The lowest BCUT2D eigenvalue weighted by molar-refractivity contribution is -0.727. The topological polar surface area (TPSA) is 225 Å². The van der Waals surface area contributed by atoms with E-state index in [1.165, 1.54) is 55.8 Å². The zero-order valence-corrected chi connectivity index (χ0v) is 38.4. The molecule has 4 aliphatic rings. The second-order valence-electron chi connectivity index (χ2n) is 15.9. The van der Waals surface area contributed by atoms with E-state index in [0.29, 0.717) is 27.6 Å². The number of Topliss-reactive ketones (excluding diaryl/α,β-unsaturated/α-hetero) is 2. The number of aromatic nitrogens is 2. The molecule has 2 aromatic heterocycles. The fourth-order valence-corrected chi connectivity index (χ4v) is 10.9. The van der Waals surface area contributed by atoms with Crippen LogP contribution in [-0.2, 0) is 33.2 Å². The number of aliphatic hydroxyl groups excluding tert-OH is 1. The molecule has 7 N–H and O–H groups in total. The van der Waals surface area contributed by atoms with Crippen molar-refractivity contribution in [1.82, 2.24) is 15.3 Å². The van der Waals surface area contributed by atoms with Gasteiger partial charge in [0.25, 0.3) is 0 Å². The summed E-state index contributed by atoms with van der Waals surface area (Å²) < 4.78 is 36.9. The summed E-state index contributed by atoms with van der Waals surface area (Å²) in [5.74, 6) is 9.40. The number of carbonyl (C=O) groups is 3. The minimum atomic E-state index is -2.03. The number of nitrogens with two attached hydrogens (primary N) is 1. The highest BCUT2D eigenvalue weighted by atomic mass is 33.5. The third-order valence-corrected chi connectivity index (χ3v) is 15.1. The zero-order chi connectivity index (χ0) is 45.7. The number of allylic oxidation sites excluding steroid dienone is 3. The van der Waals surface area contributed by atoms with Crippen molar-refractivity contribution in [2.45, 2.75) is 94.4 Å². The second-order valence-corrected chi connectivity index (χ2v) is 20.3. The SMILES string of the molecule is COC(=O)NC1=C2/C(=C\CSSSC)[C@](O)(C#C/C=C\C#C[C@@H]2O[C@@H]2O[C@H](C)[C@@H](C(=O)c3nccc4c3[nH]c3ccc(O)cc34)[C@H](O)[C@H]2O[C@H]2C[C@H](OC)[C@@H]([NH2+]C(C)C)CO2)CC1=O. The number of aliphatic hydroxyl groups is 2. The van der Waals surface area contributed by atoms with E-state index in [1.54, 1.807) is 38.3 Å². The van der Waals surface area contributed by atoms with Crippen molar-refractivity contribution in [1.29, 1.82) is 0 Å². The Hall–Kier alpha value is -4.35. The van der Waals surface area contributed by atoms with Crippen molar-refractivity contribution < 1.29 is 63.4 Å². The molecule has 4 heterocycles. The van der Waals surface area contributed by atoms with Gasteiger partial charge in [0.1, 0.15) is 42.4 Å². The van der Waals surface area contributed by atoms with Crippen LogP contribution >= 0.6 is 31.4 Å². The number of pyridine rings is 1. The highest BCUT2D eigenvalue weighted by Crippen LogP contribution is 2.42. The molecule has 2 saturated heterocycles. The van der Waals surface area contributed by atoms with Crippen LogP contribution in [-0.4, -0.2) is 137 Å². The lowest BCUT2D eigenvalue weighted by atomic mass is 9.75. The van der Waals surface area contributed by atoms with Gasteiger partial charge in [-0.25, -0.2) is 4.79 Å². The number of nitrogens with zero attached hydrogens (tertiary/aromatic N) is 1. The largest absolute Gasteiger partial charge is 0.508 e. The van der Waals surface area contributed by atoms with Gasteiger partial charge >= 0.3 is 6.09 Å². The highest BCUT2D eigenvalue weighted by Gasteiger charge is 2.53. The summed E-state index contributed by atoms with van der Waals surface area (Å²) in [6.07, 6.45) is -1.51. The number of aromatic amines is 1. The van der Waals surface area contributed by atoms with Gasteiger partial charge in [-0.15, -0.1) is 0 Å². The van der Waals surface area contributed by atoms with Crippen LogP contribution in [0.4, 0.5) is 4.79 Å². The summed E-state index contributed by atoms with van der Waals surface area (Å²) in [5.41, 5.74) is -0.986. The first kappa shape index (κ1) is 47.6. The van der Waals surface area contributed by atoms with Gasteiger partial charge < -0.3 is 54.0 Å². The average Bonchev–Trinajstić information content (AvgIpc) is 3.63. The predicted molar refractivity (Wildman–Crippen MR) is 243 cm³/mol. The first-order valence-corrected chi connectivity index (χ1v) is 24.7. The number of methoxy groups -OCH3 is 2. The zero-order valence-electron chi connectivity index (χ0n) is 36.0. The number of amides is 1. The molecule has 2 aliphatic heterocycles. The van der Waals surface area contributed by atoms with Crippen LogP contribution in [0.2, 0.25) is 0 Å². The second kappa shape index (κ2) is 20.9. The number of phenols is 1. The Bertz CT molecular complexity index is 2490. The molecule has 1 aromatic carbocycles. The quantitative estimate of drug-likeness (QED) is 0.0587. The van der Waals surface area contributed by atoms with Gasteiger partial charge in [0, 0.05) is 52.9 Å².